The Labute approximate surface area is 216 Å². The number of hydrogen-bond donors (Lipinski definition) is 0. The van der Waals surface area contributed by atoms with Crippen molar-refractivity contribution in [2.24, 2.45) is 11.8 Å². The highest BCUT2D eigenvalue weighted by atomic mass is 35.5. The summed E-state index contributed by atoms with van der Waals surface area (Å²) in [4.78, 5) is 20.0. The van der Waals surface area contributed by atoms with Crippen molar-refractivity contribution in [3.63, 3.8) is 0 Å². The molecule has 3 aromatic rings. The van der Waals surface area contributed by atoms with Gasteiger partial charge in [0.25, 0.3) is 0 Å². The molecule has 1 amide bonds. The van der Waals surface area contributed by atoms with E-state index >= 15 is 0 Å². The number of pyridine rings is 1. The number of benzene rings is 1. The fourth-order valence-corrected chi connectivity index (χ4v) is 5.32. The smallest absolute Gasteiger partial charge is 0.369 e. The lowest BCUT2D eigenvalue weighted by molar-refractivity contribution is -0.195. The largest absolute Gasteiger partial charge is 0.451 e. The van der Waals surface area contributed by atoms with E-state index in [4.69, 9.17) is 11.6 Å². The van der Waals surface area contributed by atoms with Gasteiger partial charge in [0.05, 0.1) is 35.1 Å². The van der Waals surface area contributed by atoms with E-state index in [0.29, 0.717) is 15.9 Å². The third-order valence-electron chi connectivity index (χ3n) is 6.91. The van der Waals surface area contributed by atoms with E-state index in [0.717, 1.165) is 9.47 Å². The molecule has 5 rings (SSSR count). The first-order valence-electron chi connectivity index (χ1n) is 11.5. The van der Waals surface area contributed by atoms with E-state index in [1.807, 2.05) is 6.07 Å². The minimum atomic E-state index is -4.76. The Morgan fingerprint density at radius 2 is 1.87 bits per heavy atom. The van der Waals surface area contributed by atoms with Crippen LogP contribution in [0.15, 0.2) is 24.4 Å². The summed E-state index contributed by atoms with van der Waals surface area (Å²) in [7, 11) is 0. The number of aromatic nitrogens is 4. The number of carbonyl (C=O) groups is 1. The lowest BCUT2D eigenvalue weighted by Gasteiger charge is -2.42. The van der Waals surface area contributed by atoms with Gasteiger partial charge in [-0.3, -0.25) is 9.78 Å². The maximum Gasteiger partial charge on any atom is 0.451 e. The molecule has 2 aliphatic heterocycles. The van der Waals surface area contributed by atoms with Gasteiger partial charge in [-0.1, -0.05) is 11.6 Å². The van der Waals surface area contributed by atoms with Crippen LogP contribution in [0, 0.1) is 23.2 Å². The third kappa shape index (κ3) is 4.59. The van der Waals surface area contributed by atoms with Gasteiger partial charge in [-0.15, -0.1) is 10.2 Å². The molecule has 0 saturated carbocycles. The molecule has 0 radical (unpaired) electrons. The number of halogens is 7. The molecule has 2 aromatic heterocycles. The molecule has 38 heavy (non-hydrogen) atoms. The number of alkyl halides is 6. The van der Waals surface area contributed by atoms with Crippen molar-refractivity contribution in [3.8, 4) is 6.07 Å². The highest BCUT2D eigenvalue weighted by Gasteiger charge is 2.51. The second-order valence-electron chi connectivity index (χ2n) is 9.13. The summed E-state index contributed by atoms with van der Waals surface area (Å²) < 4.78 is 83.1. The number of hydrogen-bond acceptors (Lipinski definition) is 6. The Kier molecular flexibility index (Phi) is 6.37. The Morgan fingerprint density at radius 1 is 1.11 bits per heavy atom. The zero-order valence-electron chi connectivity index (χ0n) is 19.4. The van der Waals surface area contributed by atoms with Crippen LogP contribution in [-0.2, 0) is 24.1 Å². The van der Waals surface area contributed by atoms with Gasteiger partial charge in [0.15, 0.2) is 5.82 Å². The predicted molar refractivity (Wildman–Crippen MR) is 122 cm³/mol. The molecule has 0 spiro atoms. The summed E-state index contributed by atoms with van der Waals surface area (Å²) in [5, 5.41) is 17.0. The SMILES string of the molecule is N#Cc1cnc2ccc(Cl)cc2c1N1CCC(C(=O)N2CCn3c(nnc3C(F)(F)F)C2)C(C(F)(F)F)C1. The van der Waals surface area contributed by atoms with Crippen molar-refractivity contribution in [2.75, 3.05) is 24.5 Å². The minimum absolute atomic E-state index is 0.0333. The summed E-state index contributed by atoms with van der Waals surface area (Å²) in [5.74, 6) is -5.69. The van der Waals surface area contributed by atoms with Gasteiger partial charge in [0.2, 0.25) is 11.7 Å². The maximum atomic E-state index is 14.3. The van der Waals surface area contributed by atoms with E-state index in [1.54, 1.807) is 12.1 Å². The number of piperidine rings is 1. The molecule has 1 fully saturated rings. The number of amides is 1. The van der Waals surface area contributed by atoms with E-state index in [-0.39, 0.29) is 49.7 Å². The molecule has 2 atom stereocenters. The van der Waals surface area contributed by atoms with Crippen molar-refractivity contribution in [2.45, 2.75) is 31.9 Å². The Morgan fingerprint density at radius 3 is 2.55 bits per heavy atom. The van der Waals surface area contributed by atoms with E-state index in [9.17, 15) is 36.4 Å². The van der Waals surface area contributed by atoms with E-state index in [2.05, 4.69) is 15.2 Å². The average molecular weight is 558 g/mol. The molecule has 2 unspecified atom stereocenters. The van der Waals surface area contributed by atoms with Crippen LogP contribution < -0.4 is 4.90 Å². The second-order valence-corrected chi connectivity index (χ2v) is 9.57. The first kappa shape index (κ1) is 26.0. The van der Waals surface area contributed by atoms with E-state index < -0.39 is 42.5 Å². The maximum absolute atomic E-state index is 14.3. The zero-order valence-corrected chi connectivity index (χ0v) is 20.1. The van der Waals surface area contributed by atoms with Gasteiger partial charge in [0, 0.05) is 42.8 Å². The number of nitrogens with zero attached hydrogens (tertiary/aromatic N) is 7. The van der Waals surface area contributed by atoms with Gasteiger partial charge >= 0.3 is 12.4 Å². The van der Waals surface area contributed by atoms with E-state index in [1.165, 1.54) is 17.2 Å². The highest BCUT2D eigenvalue weighted by molar-refractivity contribution is 6.31. The quantitative estimate of drug-likeness (QED) is 0.433. The van der Waals surface area contributed by atoms with Gasteiger partial charge in [0.1, 0.15) is 6.07 Å². The van der Waals surface area contributed by atoms with Gasteiger partial charge in [-0.2, -0.15) is 31.6 Å². The van der Waals surface area contributed by atoms with Crippen LogP contribution in [0.2, 0.25) is 5.02 Å². The normalized spacial score (nSPS) is 20.4. The molecule has 15 heteroatoms. The summed E-state index contributed by atoms with van der Waals surface area (Å²) >= 11 is 6.11. The molecular weight excluding hydrogens is 540 g/mol. The molecule has 4 heterocycles. The monoisotopic (exact) mass is 557 g/mol. The van der Waals surface area contributed by atoms with Crippen LogP contribution in [-0.4, -0.2) is 56.4 Å². The Hall–Kier alpha value is -3.60. The van der Waals surface area contributed by atoms with Crippen LogP contribution >= 0.6 is 11.6 Å². The van der Waals surface area contributed by atoms with Crippen LogP contribution in [0.3, 0.4) is 0 Å². The average Bonchev–Trinajstić information content (AvgIpc) is 3.30. The number of rotatable bonds is 2. The van der Waals surface area contributed by atoms with Crippen LogP contribution in [0.1, 0.15) is 23.6 Å². The second kappa shape index (κ2) is 9.30. The number of anilines is 1. The Balaban J connectivity index is 1.43. The first-order chi connectivity index (χ1) is 17.9. The zero-order chi connectivity index (χ0) is 27.4. The molecule has 8 nitrogen and oxygen atoms in total. The topological polar surface area (TPSA) is 90.9 Å². The third-order valence-corrected chi connectivity index (χ3v) is 7.14. The van der Waals surface area contributed by atoms with Crippen LogP contribution in [0.25, 0.3) is 10.9 Å². The van der Waals surface area contributed by atoms with Crippen molar-refractivity contribution in [1.29, 1.82) is 5.26 Å². The summed E-state index contributed by atoms with van der Waals surface area (Å²) in [5.41, 5.74) is 0.771. The lowest BCUT2D eigenvalue weighted by Crippen LogP contribution is -2.53. The molecule has 200 valence electrons. The van der Waals surface area contributed by atoms with Crippen molar-refractivity contribution in [3.05, 3.63) is 46.6 Å². The molecular formula is C23H18ClF6N7O. The summed E-state index contributed by atoms with van der Waals surface area (Å²) in [6, 6.07) is 6.67. The first-order valence-corrected chi connectivity index (χ1v) is 11.8. The molecule has 1 aromatic carbocycles. The molecule has 1 saturated heterocycles. The molecule has 0 bridgehead atoms. The van der Waals surface area contributed by atoms with Gasteiger partial charge in [-0.25, -0.2) is 0 Å². The Bertz CT molecular complexity index is 1450. The van der Waals surface area contributed by atoms with Crippen LogP contribution in [0.4, 0.5) is 32.0 Å². The van der Waals surface area contributed by atoms with Crippen molar-refractivity contribution < 1.29 is 31.1 Å². The highest BCUT2D eigenvalue weighted by Crippen LogP contribution is 2.42. The van der Waals surface area contributed by atoms with Gasteiger partial charge in [-0.05, 0) is 24.6 Å². The summed E-state index contributed by atoms with van der Waals surface area (Å²) in [6.07, 6.45) is -8.40. The summed E-state index contributed by atoms with van der Waals surface area (Å²) in [6.45, 7) is -1.43. The van der Waals surface area contributed by atoms with Crippen molar-refractivity contribution in [1.82, 2.24) is 24.6 Å². The molecule has 0 N–H and O–H groups in total. The lowest BCUT2D eigenvalue weighted by atomic mass is 9.83. The number of nitriles is 1. The fourth-order valence-electron chi connectivity index (χ4n) is 5.15. The predicted octanol–water partition coefficient (Wildman–Crippen LogP) is 4.42. The standard InChI is InChI=1S/C23H18ClF6N7O/c24-13-1-2-17-15(7-13)19(12(8-31)9-32-17)35-4-3-14(16(10-35)22(25,26)27)20(38)36-5-6-37-18(11-36)33-34-21(37)23(28,29)30/h1-2,7,9,14,16H,3-6,10-11H2. The number of fused-ring (bicyclic) bond motifs is 2. The fraction of sp³-hybridized carbons (Fsp3) is 0.435. The van der Waals surface area contributed by atoms with Gasteiger partial charge < -0.3 is 14.4 Å². The van der Waals surface area contributed by atoms with Crippen LogP contribution in [0.5, 0.6) is 0 Å². The molecule has 2 aliphatic rings. The van der Waals surface area contributed by atoms with Crippen molar-refractivity contribution >= 4 is 34.1 Å². The number of carbonyl (C=O) groups excluding carboxylic acids is 1. The minimum Gasteiger partial charge on any atom is -0.369 e. The molecule has 0 aliphatic carbocycles.